The van der Waals surface area contributed by atoms with Crippen molar-refractivity contribution in [1.82, 2.24) is 0 Å². The van der Waals surface area contributed by atoms with Crippen LogP contribution in [0.15, 0.2) is 54.6 Å². The molecular weight excluding hydrogens is 284 g/mol. The van der Waals surface area contributed by atoms with Crippen LogP contribution >= 0.6 is 0 Å². The molecule has 0 amide bonds. The van der Waals surface area contributed by atoms with E-state index in [1.54, 1.807) is 0 Å². The molecule has 0 unspecified atom stereocenters. The molecule has 23 heavy (non-hydrogen) atoms. The first kappa shape index (κ1) is 15.2. The van der Waals surface area contributed by atoms with E-state index < -0.39 is 0 Å². The molecule has 3 aromatic rings. The third-order valence-electron chi connectivity index (χ3n) is 4.32. The van der Waals surface area contributed by atoms with Crippen molar-refractivity contribution >= 4 is 0 Å². The van der Waals surface area contributed by atoms with Gasteiger partial charge in [-0.05, 0) is 54.7 Å². The predicted molar refractivity (Wildman–Crippen MR) is 94.9 cm³/mol. The largest absolute Gasteiger partial charge is 0.504 e. The lowest BCUT2D eigenvalue weighted by Gasteiger charge is -2.17. The van der Waals surface area contributed by atoms with Gasteiger partial charge >= 0.3 is 0 Å². The van der Waals surface area contributed by atoms with E-state index in [9.17, 15) is 10.2 Å². The van der Waals surface area contributed by atoms with Gasteiger partial charge in [0.05, 0.1) is 0 Å². The first-order valence-electron chi connectivity index (χ1n) is 7.68. The second kappa shape index (κ2) is 5.81. The summed E-state index contributed by atoms with van der Waals surface area (Å²) in [6, 6.07) is 17.7. The van der Waals surface area contributed by atoms with Crippen molar-refractivity contribution in [1.29, 1.82) is 0 Å². The quantitative estimate of drug-likeness (QED) is 0.626. The molecule has 2 nitrogen and oxygen atoms in total. The van der Waals surface area contributed by atoms with Crippen molar-refractivity contribution in [2.75, 3.05) is 0 Å². The minimum atomic E-state index is -0.0665. The summed E-state index contributed by atoms with van der Waals surface area (Å²) >= 11 is 0. The van der Waals surface area contributed by atoms with Gasteiger partial charge in [0.25, 0.3) is 0 Å². The summed E-state index contributed by atoms with van der Waals surface area (Å²) < 4.78 is 0. The fourth-order valence-electron chi connectivity index (χ4n) is 3.06. The standard InChI is InChI=1S/C21H20O2/c1-13-8-4-6-10-16(13)18-12-15(3)19(21(23)20(18)22)17-11-7-5-9-14(17)2/h4-12,22-23H,1-3H3. The van der Waals surface area contributed by atoms with Crippen LogP contribution in [0.4, 0.5) is 0 Å². The number of phenols is 2. The Balaban J connectivity index is 2.27. The van der Waals surface area contributed by atoms with Gasteiger partial charge in [-0.3, -0.25) is 0 Å². The predicted octanol–water partition coefficient (Wildman–Crippen LogP) is 5.36. The number of phenolic OH excluding ortho intramolecular Hbond substituents is 2. The van der Waals surface area contributed by atoms with Crippen molar-refractivity contribution < 1.29 is 10.2 Å². The molecule has 0 heterocycles. The van der Waals surface area contributed by atoms with Crippen LogP contribution in [0.25, 0.3) is 22.3 Å². The highest BCUT2D eigenvalue weighted by atomic mass is 16.3. The summed E-state index contributed by atoms with van der Waals surface area (Å²) in [7, 11) is 0. The molecule has 0 aromatic heterocycles. The Bertz CT molecular complexity index is 879. The van der Waals surface area contributed by atoms with Crippen LogP contribution in [0.2, 0.25) is 0 Å². The summed E-state index contributed by atoms with van der Waals surface area (Å²) in [5.74, 6) is -0.124. The minimum Gasteiger partial charge on any atom is -0.504 e. The molecule has 0 radical (unpaired) electrons. The molecule has 0 fully saturated rings. The second-order valence-electron chi connectivity index (χ2n) is 5.94. The van der Waals surface area contributed by atoms with Gasteiger partial charge in [-0.2, -0.15) is 0 Å². The Kier molecular flexibility index (Phi) is 3.83. The highest BCUT2D eigenvalue weighted by Gasteiger charge is 2.19. The number of benzene rings is 3. The Hall–Kier alpha value is -2.74. The third kappa shape index (κ3) is 2.57. The Morgan fingerprint density at radius 2 is 1.09 bits per heavy atom. The average molecular weight is 304 g/mol. The number of aryl methyl sites for hydroxylation is 3. The van der Waals surface area contributed by atoms with Gasteiger partial charge in [0, 0.05) is 11.1 Å². The van der Waals surface area contributed by atoms with E-state index in [1.807, 2.05) is 75.4 Å². The summed E-state index contributed by atoms with van der Waals surface area (Å²) in [6.07, 6.45) is 0. The molecule has 3 aromatic carbocycles. The zero-order valence-electron chi connectivity index (χ0n) is 13.6. The average Bonchev–Trinajstić information content (AvgIpc) is 2.53. The summed E-state index contributed by atoms with van der Waals surface area (Å²) in [5.41, 5.74) is 6.29. The first-order chi connectivity index (χ1) is 11.0. The van der Waals surface area contributed by atoms with Gasteiger partial charge in [-0.15, -0.1) is 0 Å². The van der Waals surface area contributed by atoms with Gasteiger partial charge in [-0.1, -0.05) is 48.5 Å². The summed E-state index contributed by atoms with van der Waals surface area (Å²) in [6.45, 7) is 5.96. The van der Waals surface area contributed by atoms with Crippen LogP contribution in [-0.4, -0.2) is 10.2 Å². The smallest absolute Gasteiger partial charge is 0.166 e. The highest BCUT2D eigenvalue weighted by molar-refractivity contribution is 5.86. The maximum Gasteiger partial charge on any atom is 0.166 e. The first-order valence-corrected chi connectivity index (χ1v) is 7.68. The van der Waals surface area contributed by atoms with Gasteiger partial charge in [0.15, 0.2) is 11.5 Å². The lowest BCUT2D eigenvalue weighted by molar-refractivity contribution is 0.406. The number of rotatable bonds is 2. The van der Waals surface area contributed by atoms with Gasteiger partial charge < -0.3 is 10.2 Å². The zero-order valence-corrected chi connectivity index (χ0v) is 13.6. The normalized spacial score (nSPS) is 10.7. The van der Waals surface area contributed by atoms with Crippen LogP contribution in [0.1, 0.15) is 16.7 Å². The maximum absolute atomic E-state index is 10.6. The Morgan fingerprint density at radius 1 is 0.565 bits per heavy atom. The maximum atomic E-state index is 10.6. The lowest BCUT2D eigenvalue weighted by atomic mass is 9.90. The molecule has 0 aliphatic heterocycles. The van der Waals surface area contributed by atoms with Gasteiger partial charge in [-0.25, -0.2) is 0 Å². The fourth-order valence-corrected chi connectivity index (χ4v) is 3.06. The molecule has 0 spiro atoms. The van der Waals surface area contributed by atoms with E-state index in [1.165, 1.54) is 0 Å². The second-order valence-corrected chi connectivity index (χ2v) is 5.94. The van der Waals surface area contributed by atoms with Crippen molar-refractivity contribution in [3.63, 3.8) is 0 Å². The van der Waals surface area contributed by atoms with E-state index in [0.717, 1.165) is 27.8 Å². The molecule has 0 bridgehead atoms. The summed E-state index contributed by atoms with van der Waals surface area (Å²) in [5, 5.41) is 21.2. The van der Waals surface area contributed by atoms with E-state index in [4.69, 9.17) is 0 Å². The van der Waals surface area contributed by atoms with Crippen LogP contribution in [0, 0.1) is 20.8 Å². The van der Waals surface area contributed by atoms with Gasteiger partial charge in [0.2, 0.25) is 0 Å². The molecule has 116 valence electrons. The van der Waals surface area contributed by atoms with E-state index in [2.05, 4.69) is 0 Å². The molecule has 0 saturated heterocycles. The Labute approximate surface area is 136 Å². The Morgan fingerprint density at radius 3 is 1.65 bits per heavy atom. The van der Waals surface area contributed by atoms with Crippen molar-refractivity contribution in [2.24, 2.45) is 0 Å². The van der Waals surface area contributed by atoms with Crippen molar-refractivity contribution in [3.05, 3.63) is 71.3 Å². The van der Waals surface area contributed by atoms with E-state index in [-0.39, 0.29) is 11.5 Å². The SMILES string of the molecule is Cc1ccccc1-c1cc(C)c(-c2ccccc2C)c(O)c1O. The molecule has 2 N–H and O–H groups in total. The number of hydrogen-bond acceptors (Lipinski definition) is 2. The van der Waals surface area contributed by atoms with Crippen LogP contribution in [-0.2, 0) is 0 Å². The van der Waals surface area contributed by atoms with Gasteiger partial charge in [0.1, 0.15) is 0 Å². The molecule has 0 aliphatic carbocycles. The minimum absolute atomic E-state index is 0.0578. The summed E-state index contributed by atoms with van der Waals surface area (Å²) in [4.78, 5) is 0. The van der Waals surface area contributed by atoms with Crippen LogP contribution in [0.3, 0.4) is 0 Å². The van der Waals surface area contributed by atoms with E-state index >= 15 is 0 Å². The van der Waals surface area contributed by atoms with Crippen LogP contribution in [0.5, 0.6) is 11.5 Å². The monoisotopic (exact) mass is 304 g/mol. The van der Waals surface area contributed by atoms with Crippen molar-refractivity contribution in [2.45, 2.75) is 20.8 Å². The highest BCUT2D eigenvalue weighted by Crippen LogP contribution is 2.46. The molecule has 3 rings (SSSR count). The zero-order chi connectivity index (χ0) is 16.6. The number of aromatic hydroxyl groups is 2. The van der Waals surface area contributed by atoms with E-state index in [0.29, 0.717) is 11.1 Å². The third-order valence-corrected chi connectivity index (χ3v) is 4.32. The molecule has 0 aliphatic rings. The fraction of sp³-hybridized carbons (Fsp3) is 0.143. The van der Waals surface area contributed by atoms with Crippen LogP contribution < -0.4 is 0 Å². The molecule has 0 saturated carbocycles. The molecule has 0 atom stereocenters. The van der Waals surface area contributed by atoms with Crippen molar-refractivity contribution in [3.8, 4) is 33.8 Å². The molecular formula is C21H20O2. The molecule has 2 heteroatoms. The lowest BCUT2D eigenvalue weighted by Crippen LogP contribution is -1.92. The number of hydrogen-bond donors (Lipinski definition) is 2. The topological polar surface area (TPSA) is 40.5 Å².